The van der Waals surface area contributed by atoms with Gasteiger partial charge in [0.05, 0.1) is 0 Å². The van der Waals surface area contributed by atoms with Gasteiger partial charge in [0.15, 0.2) is 0 Å². The molecule has 2 rings (SSSR count). The molecule has 0 fully saturated rings. The Balaban J connectivity index is 1.79. The van der Waals surface area contributed by atoms with Gasteiger partial charge in [0.1, 0.15) is 0 Å². The molecule has 0 spiro atoms. The van der Waals surface area contributed by atoms with E-state index in [-0.39, 0.29) is 5.91 Å². The number of amides is 1. The van der Waals surface area contributed by atoms with Crippen LogP contribution in [0.15, 0.2) is 18.2 Å². The van der Waals surface area contributed by atoms with Crippen molar-refractivity contribution in [2.24, 2.45) is 0 Å². The topological polar surface area (TPSA) is 29.1 Å². The van der Waals surface area contributed by atoms with Gasteiger partial charge in [-0.05, 0) is 53.1 Å². The maximum atomic E-state index is 12.1. The summed E-state index contributed by atoms with van der Waals surface area (Å²) in [6.45, 7) is 2.25. The van der Waals surface area contributed by atoms with Crippen LogP contribution in [0, 0.1) is 3.57 Å². The van der Waals surface area contributed by atoms with Crippen molar-refractivity contribution in [3.05, 3.63) is 32.9 Å². The maximum Gasteiger partial charge on any atom is 0.251 e. The first-order valence-electron chi connectivity index (χ1n) is 7.80. The molecular formula is C17H24INO. The predicted molar refractivity (Wildman–Crippen MR) is 92.1 cm³/mol. The van der Waals surface area contributed by atoms with Crippen molar-refractivity contribution in [1.29, 1.82) is 0 Å². The predicted octanol–water partition coefficient (Wildman–Crippen LogP) is 4.70. The minimum atomic E-state index is 0.112. The van der Waals surface area contributed by atoms with E-state index in [1.807, 2.05) is 6.07 Å². The molecule has 3 heteroatoms. The van der Waals surface area contributed by atoms with E-state index in [0.29, 0.717) is 6.04 Å². The van der Waals surface area contributed by atoms with Crippen molar-refractivity contribution < 1.29 is 4.79 Å². The Morgan fingerprint density at radius 2 is 1.95 bits per heavy atom. The largest absolute Gasteiger partial charge is 0.349 e. The van der Waals surface area contributed by atoms with Crippen molar-refractivity contribution in [2.45, 2.75) is 64.3 Å². The van der Waals surface area contributed by atoms with Crippen LogP contribution in [0.4, 0.5) is 0 Å². The van der Waals surface area contributed by atoms with Crippen LogP contribution in [0.1, 0.15) is 67.8 Å². The molecule has 0 radical (unpaired) electrons. The van der Waals surface area contributed by atoms with Gasteiger partial charge in [0, 0.05) is 15.2 Å². The highest BCUT2D eigenvalue weighted by molar-refractivity contribution is 14.1. The van der Waals surface area contributed by atoms with Crippen LogP contribution in [-0.4, -0.2) is 11.9 Å². The second-order valence-electron chi connectivity index (χ2n) is 5.73. The molecule has 1 atom stereocenters. The molecular weight excluding hydrogens is 361 g/mol. The van der Waals surface area contributed by atoms with Gasteiger partial charge < -0.3 is 5.32 Å². The summed E-state index contributed by atoms with van der Waals surface area (Å²) in [6.07, 6.45) is 9.98. The van der Waals surface area contributed by atoms with Gasteiger partial charge in [0.25, 0.3) is 5.91 Å². The Morgan fingerprint density at radius 3 is 2.75 bits per heavy atom. The Morgan fingerprint density at radius 1 is 1.20 bits per heavy atom. The van der Waals surface area contributed by atoms with E-state index in [1.165, 1.54) is 44.1 Å². The van der Waals surface area contributed by atoms with Gasteiger partial charge in [-0.2, -0.15) is 0 Å². The summed E-state index contributed by atoms with van der Waals surface area (Å²) >= 11 is 2.26. The average Bonchev–Trinajstić information content (AvgIpc) is 2.43. The SMILES string of the molecule is CCCCCCCCC1Cc2ccc(I)cc2C(=O)N1. The molecule has 1 unspecified atom stereocenters. The molecule has 1 amide bonds. The van der Waals surface area contributed by atoms with Crippen molar-refractivity contribution in [3.8, 4) is 0 Å². The van der Waals surface area contributed by atoms with E-state index < -0.39 is 0 Å². The van der Waals surface area contributed by atoms with Gasteiger partial charge in [0.2, 0.25) is 0 Å². The quantitative estimate of drug-likeness (QED) is 0.535. The molecule has 1 aliphatic heterocycles. The lowest BCUT2D eigenvalue weighted by molar-refractivity contribution is 0.0922. The van der Waals surface area contributed by atoms with Crippen LogP contribution < -0.4 is 5.32 Å². The highest BCUT2D eigenvalue weighted by Gasteiger charge is 2.23. The summed E-state index contributed by atoms with van der Waals surface area (Å²) in [6, 6.07) is 6.54. The van der Waals surface area contributed by atoms with E-state index >= 15 is 0 Å². The monoisotopic (exact) mass is 385 g/mol. The molecule has 2 nitrogen and oxygen atoms in total. The summed E-state index contributed by atoms with van der Waals surface area (Å²) in [4.78, 5) is 12.1. The standard InChI is InChI=1S/C17H24INO/c1-2-3-4-5-6-7-8-15-11-13-9-10-14(18)12-16(13)17(20)19-15/h9-10,12,15H,2-8,11H2,1H3,(H,19,20). The molecule has 0 saturated carbocycles. The fourth-order valence-electron chi connectivity index (χ4n) is 2.86. The Kier molecular flexibility index (Phi) is 6.33. The number of halogens is 1. The van der Waals surface area contributed by atoms with Crippen molar-refractivity contribution >= 4 is 28.5 Å². The van der Waals surface area contributed by atoms with Crippen LogP contribution in [0.5, 0.6) is 0 Å². The number of nitrogens with one attached hydrogen (secondary N) is 1. The van der Waals surface area contributed by atoms with Gasteiger partial charge in [-0.3, -0.25) is 4.79 Å². The zero-order valence-corrected chi connectivity index (χ0v) is 14.4. The number of hydrogen-bond donors (Lipinski definition) is 1. The summed E-state index contributed by atoms with van der Waals surface area (Å²) in [5, 5.41) is 3.16. The number of carbonyl (C=O) groups is 1. The molecule has 1 aliphatic rings. The zero-order valence-electron chi connectivity index (χ0n) is 12.3. The van der Waals surface area contributed by atoms with Gasteiger partial charge >= 0.3 is 0 Å². The number of benzene rings is 1. The number of hydrogen-bond acceptors (Lipinski definition) is 1. The first-order chi connectivity index (χ1) is 9.70. The molecule has 0 aliphatic carbocycles. The summed E-state index contributed by atoms with van der Waals surface area (Å²) in [5.41, 5.74) is 2.08. The van der Waals surface area contributed by atoms with Gasteiger partial charge in [-0.15, -0.1) is 0 Å². The summed E-state index contributed by atoms with van der Waals surface area (Å²) in [7, 11) is 0. The van der Waals surface area contributed by atoms with Crippen LogP contribution >= 0.6 is 22.6 Å². The first kappa shape index (κ1) is 15.8. The lowest BCUT2D eigenvalue weighted by Crippen LogP contribution is -2.41. The second kappa shape index (κ2) is 8.01. The van der Waals surface area contributed by atoms with E-state index in [2.05, 4.69) is 47.0 Å². The van der Waals surface area contributed by atoms with E-state index in [1.54, 1.807) is 0 Å². The Labute approximate surface area is 135 Å². The van der Waals surface area contributed by atoms with Crippen LogP contribution in [0.2, 0.25) is 0 Å². The number of fused-ring (bicyclic) bond motifs is 1. The number of unbranched alkanes of at least 4 members (excludes halogenated alkanes) is 5. The Hall–Kier alpha value is -0.580. The maximum absolute atomic E-state index is 12.1. The highest BCUT2D eigenvalue weighted by Crippen LogP contribution is 2.22. The van der Waals surface area contributed by atoms with Crippen molar-refractivity contribution in [3.63, 3.8) is 0 Å². The van der Waals surface area contributed by atoms with Gasteiger partial charge in [-0.25, -0.2) is 0 Å². The highest BCUT2D eigenvalue weighted by atomic mass is 127. The van der Waals surface area contributed by atoms with E-state index in [9.17, 15) is 4.79 Å². The van der Waals surface area contributed by atoms with Gasteiger partial charge in [-0.1, -0.05) is 51.5 Å². The molecule has 1 N–H and O–H groups in total. The second-order valence-corrected chi connectivity index (χ2v) is 6.98. The van der Waals surface area contributed by atoms with Crippen LogP contribution in [0.3, 0.4) is 0 Å². The summed E-state index contributed by atoms with van der Waals surface area (Å²) < 4.78 is 1.13. The van der Waals surface area contributed by atoms with Crippen molar-refractivity contribution in [2.75, 3.05) is 0 Å². The average molecular weight is 385 g/mol. The molecule has 0 saturated heterocycles. The third-order valence-electron chi connectivity index (χ3n) is 4.02. The third kappa shape index (κ3) is 4.47. The number of rotatable bonds is 7. The zero-order chi connectivity index (χ0) is 14.4. The fourth-order valence-corrected chi connectivity index (χ4v) is 3.35. The smallest absolute Gasteiger partial charge is 0.251 e. The molecule has 0 aromatic heterocycles. The minimum Gasteiger partial charge on any atom is -0.349 e. The van der Waals surface area contributed by atoms with E-state index in [0.717, 1.165) is 22.0 Å². The molecule has 1 heterocycles. The van der Waals surface area contributed by atoms with Crippen molar-refractivity contribution in [1.82, 2.24) is 5.32 Å². The molecule has 20 heavy (non-hydrogen) atoms. The Bertz CT molecular complexity index is 458. The molecule has 110 valence electrons. The molecule has 1 aromatic rings. The number of carbonyl (C=O) groups excluding carboxylic acids is 1. The fraction of sp³-hybridized carbons (Fsp3) is 0.588. The van der Waals surface area contributed by atoms with E-state index in [4.69, 9.17) is 0 Å². The summed E-state index contributed by atoms with van der Waals surface area (Å²) in [5.74, 6) is 0.112. The lowest BCUT2D eigenvalue weighted by atomic mass is 9.92. The third-order valence-corrected chi connectivity index (χ3v) is 4.70. The first-order valence-corrected chi connectivity index (χ1v) is 8.88. The molecule has 0 bridgehead atoms. The lowest BCUT2D eigenvalue weighted by Gasteiger charge is -2.25. The minimum absolute atomic E-state index is 0.112. The molecule has 1 aromatic carbocycles. The van der Waals surface area contributed by atoms with Crippen LogP contribution in [0.25, 0.3) is 0 Å². The van der Waals surface area contributed by atoms with Crippen LogP contribution in [-0.2, 0) is 6.42 Å². The normalized spacial score (nSPS) is 17.7.